The van der Waals surface area contributed by atoms with Crippen LogP contribution in [0.5, 0.6) is 0 Å². The van der Waals surface area contributed by atoms with E-state index in [0.717, 1.165) is 96.3 Å². The van der Waals surface area contributed by atoms with Gasteiger partial charge in [-0.25, -0.2) is 4.57 Å². The molecule has 24 nitrogen and oxygen atoms in total. The normalized spacial score (nSPS) is 27.8. The van der Waals surface area contributed by atoms with Crippen LogP contribution in [0.25, 0.3) is 0 Å². The summed E-state index contributed by atoms with van der Waals surface area (Å²) in [5, 5.41) is 110. The van der Waals surface area contributed by atoms with Crippen molar-refractivity contribution in [2.75, 3.05) is 26.4 Å². The van der Waals surface area contributed by atoms with E-state index in [0.29, 0.717) is 19.3 Å². The first-order valence-corrected chi connectivity index (χ1v) is 39.5. The van der Waals surface area contributed by atoms with Gasteiger partial charge in [0.1, 0.15) is 98.7 Å². The molecule has 11 N–H and O–H groups in total. The quantitative estimate of drug-likeness (QED) is 0.00886. The second-order valence-corrected chi connectivity index (χ2v) is 28.8. The van der Waals surface area contributed by atoms with Crippen LogP contribution in [0.15, 0.2) is 12.2 Å². The predicted molar refractivity (Wildman–Crippen MR) is 365 cm³/mol. The van der Waals surface area contributed by atoms with Gasteiger partial charge in [0.05, 0.1) is 13.2 Å². The Hall–Kier alpha value is -2.30. The molecule has 2 aliphatic heterocycles. The van der Waals surface area contributed by atoms with Crippen LogP contribution in [0.1, 0.15) is 297 Å². The van der Waals surface area contributed by atoms with Gasteiger partial charge >= 0.3 is 25.7 Å². The van der Waals surface area contributed by atoms with Crippen molar-refractivity contribution in [3.8, 4) is 0 Å². The summed E-state index contributed by atoms with van der Waals surface area (Å²) in [5.74, 6) is -2.00. The van der Waals surface area contributed by atoms with Gasteiger partial charge in [-0.05, 0) is 44.9 Å². The first kappa shape index (κ1) is 88.9. The van der Waals surface area contributed by atoms with Gasteiger partial charge in [0.2, 0.25) is 0 Å². The number of ether oxygens (including phenoxy) is 7. The molecule has 18 unspecified atom stereocenters. The molecule has 570 valence electrons. The molecule has 1 saturated carbocycles. The van der Waals surface area contributed by atoms with E-state index in [1.165, 1.54) is 141 Å². The summed E-state index contributed by atoms with van der Waals surface area (Å²) >= 11 is 0. The highest BCUT2D eigenvalue weighted by atomic mass is 31.2. The van der Waals surface area contributed by atoms with Crippen molar-refractivity contribution in [3.63, 3.8) is 0 Å². The van der Waals surface area contributed by atoms with Crippen LogP contribution < -0.4 is 0 Å². The number of allylic oxidation sites excluding steroid dienone is 2. The van der Waals surface area contributed by atoms with E-state index in [2.05, 4.69) is 32.9 Å². The van der Waals surface area contributed by atoms with Gasteiger partial charge < -0.3 is 89.1 Å². The molecule has 0 bridgehead atoms. The van der Waals surface area contributed by atoms with Crippen molar-refractivity contribution in [2.45, 2.75) is 401 Å². The lowest BCUT2D eigenvalue weighted by Gasteiger charge is -2.49. The molecule has 0 aromatic carbocycles. The zero-order valence-electron chi connectivity index (χ0n) is 59.4. The maximum Gasteiger partial charge on any atom is 0.472 e. The minimum Gasteiger partial charge on any atom is -0.463 e. The Morgan fingerprint density at radius 3 is 1.12 bits per heavy atom. The molecule has 97 heavy (non-hydrogen) atoms. The number of unbranched alkanes of at least 4 members (excludes halogenated alkanes) is 36. The molecule has 18 atom stereocenters. The minimum absolute atomic E-state index is 0.0277. The van der Waals surface area contributed by atoms with Crippen molar-refractivity contribution in [1.29, 1.82) is 0 Å². The minimum atomic E-state index is -5.69. The zero-order valence-corrected chi connectivity index (χ0v) is 60.3. The van der Waals surface area contributed by atoms with Crippen LogP contribution in [-0.4, -0.2) is 204 Å². The zero-order chi connectivity index (χ0) is 71.1. The Kier molecular flexibility index (Phi) is 49.8. The van der Waals surface area contributed by atoms with Crippen LogP contribution in [0.4, 0.5) is 0 Å². The molecule has 25 heteroatoms. The van der Waals surface area contributed by atoms with Gasteiger partial charge in [-0.1, -0.05) is 245 Å². The average molecular weight is 1410 g/mol. The number of aliphatic hydroxyl groups excluding tert-OH is 10. The van der Waals surface area contributed by atoms with Crippen molar-refractivity contribution in [3.05, 3.63) is 12.2 Å². The molecule has 2 heterocycles. The molecule has 2 saturated heterocycles. The van der Waals surface area contributed by atoms with E-state index in [1.807, 2.05) is 0 Å². The van der Waals surface area contributed by atoms with Crippen LogP contribution in [-0.2, 0) is 61.2 Å². The van der Waals surface area contributed by atoms with Crippen LogP contribution in [0, 0.1) is 0 Å². The summed E-state index contributed by atoms with van der Waals surface area (Å²) in [6.45, 7) is 3.44. The van der Waals surface area contributed by atoms with Gasteiger partial charge in [0.25, 0.3) is 0 Å². The second kappa shape index (κ2) is 54.4. The Morgan fingerprint density at radius 1 is 0.392 bits per heavy atom. The third-order valence-electron chi connectivity index (χ3n) is 18.8. The van der Waals surface area contributed by atoms with E-state index < -0.39 is 156 Å². The molecule has 0 aromatic rings. The van der Waals surface area contributed by atoms with E-state index in [1.54, 1.807) is 0 Å². The molecule has 0 spiro atoms. The number of phosphoric ester groups is 1. The number of aliphatic hydroxyl groups is 10. The second-order valence-electron chi connectivity index (χ2n) is 27.4. The monoisotopic (exact) mass is 1410 g/mol. The smallest absolute Gasteiger partial charge is 0.463 e. The first-order chi connectivity index (χ1) is 46.8. The summed E-state index contributed by atoms with van der Waals surface area (Å²) in [6, 6.07) is 0. The molecule has 3 aliphatic rings. The topological polar surface area (TPSA) is 374 Å². The Balaban J connectivity index is 1.73. The number of carbonyl (C=O) groups is 3. The van der Waals surface area contributed by atoms with Gasteiger partial charge in [0.15, 0.2) is 18.7 Å². The van der Waals surface area contributed by atoms with Crippen molar-refractivity contribution in [2.24, 2.45) is 0 Å². The fourth-order valence-corrected chi connectivity index (χ4v) is 13.5. The molecule has 3 fully saturated rings. The maximum atomic E-state index is 14.3. The highest BCUT2D eigenvalue weighted by molar-refractivity contribution is 7.47. The van der Waals surface area contributed by atoms with Crippen LogP contribution in [0.3, 0.4) is 0 Å². The summed E-state index contributed by atoms with van der Waals surface area (Å²) in [7, 11) is -5.69. The molecule has 1 aliphatic carbocycles. The van der Waals surface area contributed by atoms with Crippen molar-refractivity contribution in [1.82, 2.24) is 0 Å². The number of rotatable bonds is 59. The van der Waals surface area contributed by atoms with Gasteiger partial charge in [-0.3, -0.25) is 23.4 Å². The highest BCUT2D eigenvalue weighted by Crippen LogP contribution is 2.49. The fourth-order valence-electron chi connectivity index (χ4n) is 12.6. The number of hydrogen-bond donors (Lipinski definition) is 11. The maximum absolute atomic E-state index is 14.3. The average Bonchev–Trinajstić information content (AvgIpc) is 0.763. The lowest BCUT2D eigenvalue weighted by molar-refractivity contribution is -0.360. The molecule has 3 rings (SSSR count). The number of phosphoric acid groups is 1. The SMILES string of the molecule is CCCCCCCC/C=C\CCCCCC(=O)OCC(COP(=O)(O)OC1C(OC2OC(CO)C(O)C(O)C2O)C(O)C(O)C(O)C1OC1OC(COC(=O)CCCCCCCCCCCCCCCCC)C(O)C(O)C1O)OC(=O)CCCCCCCCCCCCCCCC. The Bertz CT molecular complexity index is 2060. The van der Waals surface area contributed by atoms with E-state index in [4.69, 9.17) is 42.2 Å². The van der Waals surface area contributed by atoms with E-state index in [9.17, 15) is 74.9 Å². The molecule has 0 amide bonds. The predicted octanol–water partition coefficient (Wildman–Crippen LogP) is 10.4. The lowest BCUT2D eigenvalue weighted by Crippen LogP contribution is -2.69. The van der Waals surface area contributed by atoms with Crippen molar-refractivity contribution >= 4 is 25.7 Å². The fraction of sp³-hybridized carbons (Fsp3) is 0.931. The van der Waals surface area contributed by atoms with E-state index in [-0.39, 0.29) is 19.3 Å². The third-order valence-corrected chi connectivity index (χ3v) is 19.8. The standard InChI is InChI=1S/C72H133O24P/c1-4-7-10-13-16-19-22-25-27-30-32-35-38-41-44-47-57(75)89-52-55-60(78)62(80)67(85)72(93-55)95-69-65(83)63(81)64(82)68(94-71-66(84)61(79)59(77)54(49-73)92-71)70(69)96-97(86,87)90-51-53(50-88-56(74)46-43-40-37-34-31-28-24-21-18-15-12-9-6-3)91-58(76)48-45-42-39-36-33-29-26-23-20-17-14-11-8-5-2/h28,31,53-55,59-73,77-85H,4-27,29-30,32-52H2,1-3H3,(H,86,87)/b31-28-. The van der Waals surface area contributed by atoms with Crippen molar-refractivity contribution < 1.29 is 117 Å². The summed E-state index contributed by atoms with van der Waals surface area (Å²) in [6.07, 6.45) is 12.8. The molecular weight excluding hydrogens is 1280 g/mol. The summed E-state index contributed by atoms with van der Waals surface area (Å²) in [4.78, 5) is 51.0. The summed E-state index contributed by atoms with van der Waals surface area (Å²) in [5.41, 5.74) is 0. The molecule has 0 radical (unpaired) electrons. The molecular formula is C72H133O24P. The number of esters is 3. The number of hydrogen-bond acceptors (Lipinski definition) is 23. The summed E-state index contributed by atoms with van der Waals surface area (Å²) < 4.78 is 65.0. The Morgan fingerprint density at radius 2 is 0.722 bits per heavy atom. The van der Waals surface area contributed by atoms with E-state index >= 15 is 0 Å². The lowest BCUT2D eigenvalue weighted by atomic mass is 9.84. The molecule has 0 aromatic heterocycles. The largest absolute Gasteiger partial charge is 0.472 e. The Labute approximate surface area is 580 Å². The third kappa shape index (κ3) is 37.6. The van der Waals surface area contributed by atoms with Crippen LogP contribution >= 0.6 is 7.82 Å². The van der Waals surface area contributed by atoms with Gasteiger partial charge in [-0.15, -0.1) is 0 Å². The van der Waals surface area contributed by atoms with Gasteiger partial charge in [0, 0.05) is 19.3 Å². The number of carbonyl (C=O) groups excluding carboxylic acids is 3. The highest BCUT2D eigenvalue weighted by Gasteiger charge is 2.58. The first-order valence-electron chi connectivity index (χ1n) is 38.0. The van der Waals surface area contributed by atoms with Crippen LogP contribution in [0.2, 0.25) is 0 Å². The van der Waals surface area contributed by atoms with Gasteiger partial charge in [-0.2, -0.15) is 0 Å².